The van der Waals surface area contributed by atoms with Crippen LogP contribution in [0.15, 0.2) is 24.3 Å². The molecule has 110 valence electrons. The fourth-order valence-corrected chi connectivity index (χ4v) is 1.75. The summed E-state index contributed by atoms with van der Waals surface area (Å²) < 4.78 is 5.13. The summed E-state index contributed by atoms with van der Waals surface area (Å²) in [6, 6.07) is 6.25. The van der Waals surface area contributed by atoms with E-state index in [1.165, 1.54) is 12.1 Å². The van der Waals surface area contributed by atoms with E-state index in [2.05, 4.69) is 0 Å². The van der Waals surface area contributed by atoms with Crippen molar-refractivity contribution in [2.45, 2.75) is 39.2 Å². The number of hydrogen-bond donors (Lipinski definition) is 2. The molecule has 5 heteroatoms. The Balaban J connectivity index is 2.68. The Morgan fingerprint density at radius 2 is 1.75 bits per heavy atom. The molecule has 5 nitrogen and oxygen atoms in total. The van der Waals surface area contributed by atoms with Crippen LogP contribution in [0.25, 0.3) is 0 Å². The standard InChI is InChI=1S/C15H20O5/c1-15(2,3)20-13(17)9-11(14(18)19)8-10-4-6-12(16)7-5-10/h4-7,11,16H,8-9H2,1-3H3,(H,18,19)/t11-/m1/s1. The smallest absolute Gasteiger partial charge is 0.307 e. The maximum Gasteiger partial charge on any atom is 0.307 e. The zero-order valence-electron chi connectivity index (χ0n) is 11.9. The van der Waals surface area contributed by atoms with Gasteiger partial charge < -0.3 is 14.9 Å². The van der Waals surface area contributed by atoms with Gasteiger partial charge in [-0.2, -0.15) is 0 Å². The third-order valence-electron chi connectivity index (χ3n) is 2.60. The molecule has 20 heavy (non-hydrogen) atoms. The van der Waals surface area contributed by atoms with Crippen LogP contribution >= 0.6 is 0 Å². The summed E-state index contributed by atoms with van der Waals surface area (Å²) in [5, 5.41) is 18.4. The Bertz CT molecular complexity index is 470. The lowest BCUT2D eigenvalue weighted by atomic mass is 9.96. The summed E-state index contributed by atoms with van der Waals surface area (Å²) in [5.41, 5.74) is 0.123. The number of aliphatic carboxylic acids is 1. The van der Waals surface area contributed by atoms with Gasteiger partial charge in [0.05, 0.1) is 12.3 Å². The first-order valence-corrected chi connectivity index (χ1v) is 6.40. The van der Waals surface area contributed by atoms with Crippen LogP contribution in [0.5, 0.6) is 5.75 Å². The summed E-state index contributed by atoms with van der Waals surface area (Å²) in [6.07, 6.45) is 0.0440. The van der Waals surface area contributed by atoms with E-state index in [1.807, 2.05) is 0 Å². The quantitative estimate of drug-likeness (QED) is 0.809. The van der Waals surface area contributed by atoms with E-state index in [9.17, 15) is 19.8 Å². The second-order valence-electron chi connectivity index (χ2n) is 5.70. The first-order chi connectivity index (χ1) is 9.17. The molecule has 0 aromatic heterocycles. The van der Waals surface area contributed by atoms with Crippen LogP contribution in [0.2, 0.25) is 0 Å². The average molecular weight is 280 g/mol. The molecule has 0 saturated heterocycles. The summed E-state index contributed by atoms with van der Waals surface area (Å²) in [5.74, 6) is -2.28. The van der Waals surface area contributed by atoms with Crippen LogP contribution in [-0.2, 0) is 20.7 Å². The normalized spacial score (nSPS) is 12.8. The molecular weight excluding hydrogens is 260 g/mol. The van der Waals surface area contributed by atoms with Gasteiger partial charge in [-0.1, -0.05) is 12.1 Å². The van der Waals surface area contributed by atoms with E-state index in [-0.39, 0.29) is 18.6 Å². The number of phenolic OH excluding ortho intramolecular Hbond substituents is 1. The zero-order valence-corrected chi connectivity index (χ0v) is 11.9. The Hall–Kier alpha value is -2.04. The van der Waals surface area contributed by atoms with E-state index in [0.717, 1.165) is 5.56 Å². The van der Waals surface area contributed by atoms with Crippen LogP contribution in [0, 0.1) is 5.92 Å². The lowest BCUT2D eigenvalue weighted by molar-refractivity contribution is -0.159. The second-order valence-corrected chi connectivity index (χ2v) is 5.70. The highest BCUT2D eigenvalue weighted by Gasteiger charge is 2.25. The zero-order chi connectivity index (χ0) is 15.3. The molecule has 1 atom stereocenters. The number of carbonyl (C=O) groups is 2. The number of phenols is 1. The fourth-order valence-electron chi connectivity index (χ4n) is 1.75. The molecule has 0 amide bonds. The number of carboxylic acid groups (broad SMARTS) is 1. The maximum atomic E-state index is 11.7. The highest BCUT2D eigenvalue weighted by Crippen LogP contribution is 2.18. The van der Waals surface area contributed by atoms with Gasteiger partial charge >= 0.3 is 11.9 Å². The van der Waals surface area contributed by atoms with Gasteiger partial charge in [-0.3, -0.25) is 9.59 Å². The molecule has 0 spiro atoms. The van der Waals surface area contributed by atoms with Crippen molar-refractivity contribution in [3.63, 3.8) is 0 Å². The molecule has 1 aromatic carbocycles. The highest BCUT2D eigenvalue weighted by molar-refractivity contribution is 5.79. The van der Waals surface area contributed by atoms with Crippen molar-refractivity contribution in [2.24, 2.45) is 5.92 Å². The Kier molecular flexibility index (Phi) is 5.13. The first-order valence-electron chi connectivity index (χ1n) is 6.40. The molecule has 0 bridgehead atoms. The number of aromatic hydroxyl groups is 1. The van der Waals surface area contributed by atoms with E-state index in [1.54, 1.807) is 32.9 Å². The van der Waals surface area contributed by atoms with Crippen LogP contribution in [0.1, 0.15) is 32.8 Å². The Morgan fingerprint density at radius 1 is 1.20 bits per heavy atom. The summed E-state index contributed by atoms with van der Waals surface area (Å²) in [7, 11) is 0. The number of esters is 1. The fraction of sp³-hybridized carbons (Fsp3) is 0.467. The van der Waals surface area contributed by atoms with Gasteiger partial charge in [0, 0.05) is 0 Å². The molecule has 1 rings (SSSR count). The minimum atomic E-state index is -1.04. The minimum Gasteiger partial charge on any atom is -0.508 e. The SMILES string of the molecule is CC(C)(C)OC(=O)C[C@@H](Cc1ccc(O)cc1)C(=O)O. The first kappa shape index (κ1) is 16.0. The second kappa shape index (κ2) is 6.41. The van der Waals surface area contributed by atoms with Crippen molar-refractivity contribution in [1.29, 1.82) is 0 Å². The molecule has 1 aromatic rings. The van der Waals surface area contributed by atoms with E-state index < -0.39 is 23.5 Å². The van der Waals surface area contributed by atoms with E-state index >= 15 is 0 Å². The van der Waals surface area contributed by atoms with E-state index in [0.29, 0.717) is 0 Å². The van der Waals surface area contributed by atoms with Gasteiger partial charge in [-0.05, 0) is 44.9 Å². The molecule has 0 aliphatic heterocycles. The molecule has 0 radical (unpaired) electrons. The largest absolute Gasteiger partial charge is 0.508 e. The predicted octanol–water partition coefficient (Wildman–Crippen LogP) is 2.37. The third-order valence-corrected chi connectivity index (χ3v) is 2.60. The number of benzene rings is 1. The number of ether oxygens (including phenoxy) is 1. The van der Waals surface area contributed by atoms with Crippen molar-refractivity contribution in [1.82, 2.24) is 0 Å². The number of carbonyl (C=O) groups excluding carboxylic acids is 1. The maximum absolute atomic E-state index is 11.7. The molecule has 0 heterocycles. The van der Waals surface area contributed by atoms with Crippen LogP contribution in [0.4, 0.5) is 0 Å². The monoisotopic (exact) mass is 280 g/mol. The van der Waals surface area contributed by atoms with Gasteiger partial charge in [0.15, 0.2) is 0 Å². The molecular formula is C15H20O5. The van der Waals surface area contributed by atoms with Gasteiger partial charge in [-0.25, -0.2) is 0 Å². The predicted molar refractivity (Wildman–Crippen MR) is 73.4 cm³/mol. The van der Waals surface area contributed by atoms with Gasteiger partial charge in [0.2, 0.25) is 0 Å². The van der Waals surface area contributed by atoms with Crippen molar-refractivity contribution in [3.8, 4) is 5.75 Å². The van der Waals surface area contributed by atoms with Gasteiger partial charge in [0.1, 0.15) is 11.4 Å². The molecule has 0 unspecified atom stereocenters. The molecule has 2 N–H and O–H groups in total. The minimum absolute atomic E-state index is 0.118. The molecule has 0 saturated carbocycles. The third kappa shape index (κ3) is 5.73. The number of rotatable bonds is 5. The van der Waals surface area contributed by atoms with Crippen molar-refractivity contribution < 1.29 is 24.5 Å². The Labute approximate surface area is 118 Å². The summed E-state index contributed by atoms with van der Waals surface area (Å²) in [4.78, 5) is 22.9. The van der Waals surface area contributed by atoms with Crippen molar-refractivity contribution in [2.75, 3.05) is 0 Å². The van der Waals surface area contributed by atoms with Gasteiger partial charge in [-0.15, -0.1) is 0 Å². The molecule has 0 aliphatic carbocycles. The van der Waals surface area contributed by atoms with Crippen LogP contribution in [0.3, 0.4) is 0 Å². The summed E-state index contributed by atoms with van der Waals surface area (Å²) in [6.45, 7) is 5.21. The highest BCUT2D eigenvalue weighted by atomic mass is 16.6. The Morgan fingerprint density at radius 3 is 2.20 bits per heavy atom. The summed E-state index contributed by atoms with van der Waals surface area (Å²) >= 11 is 0. The number of carboxylic acids is 1. The van der Waals surface area contributed by atoms with Crippen molar-refractivity contribution >= 4 is 11.9 Å². The molecule has 0 aliphatic rings. The van der Waals surface area contributed by atoms with Crippen LogP contribution in [-0.4, -0.2) is 27.8 Å². The average Bonchev–Trinajstić information content (AvgIpc) is 2.28. The topological polar surface area (TPSA) is 83.8 Å². The lowest BCUT2D eigenvalue weighted by Gasteiger charge is -2.21. The van der Waals surface area contributed by atoms with Gasteiger partial charge in [0.25, 0.3) is 0 Å². The van der Waals surface area contributed by atoms with Crippen LogP contribution < -0.4 is 0 Å². The number of hydrogen-bond acceptors (Lipinski definition) is 4. The molecule has 0 fully saturated rings. The van der Waals surface area contributed by atoms with E-state index in [4.69, 9.17) is 4.74 Å². The lowest BCUT2D eigenvalue weighted by Crippen LogP contribution is -2.28. The van der Waals surface area contributed by atoms with Crippen molar-refractivity contribution in [3.05, 3.63) is 29.8 Å².